The molecule has 0 aromatic heterocycles. The number of rotatable bonds is 6. The van der Waals surface area contributed by atoms with Gasteiger partial charge in [0.05, 0.1) is 18.0 Å². The predicted octanol–water partition coefficient (Wildman–Crippen LogP) is 1.83. The van der Waals surface area contributed by atoms with Crippen LogP contribution in [0.4, 0.5) is 4.39 Å². The highest BCUT2D eigenvalue weighted by Crippen LogP contribution is 2.38. The third kappa shape index (κ3) is 4.99. The Morgan fingerprint density at radius 2 is 2.06 bits per heavy atom. The summed E-state index contributed by atoms with van der Waals surface area (Å²) in [5.41, 5.74) is -0.917. The van der Waals surface area contributed by atoms with Crippen molar-refractivity contribution in [2.24, 2.45) is 4.99 Å². The van der Waals surface area contributed by atoms with Crippen LogP contribution in [0.3, 0.4) is 0 Å². The molecule has 0 bridgehead atoms. The molecule has 9 nitrogen and oxygen atoms in total. The number of sulfone groups is 1. The summed E-state index contributed by atoms with van der Waals surface area (Å²) < 4.78 is 43.4. The van der Waals surface area contributed by atoms with Crippen LogP contribution in [0.25, 0.3) is 0 Å². The van der Waals surface area contributed by atoms with Crippen LogP contribution in [0.15, 0.2) is 39.5 Å². The van der Waals surface area contributed by atoms with E-state index in [1.54, 1.807) is 0 Å². The molecule has 1 aromatic rings. The summed E-state index contributed by atoms with van der Waals surface area (Å²) in [5, 5.41) is 12.7. The summed E-state index contributed by atoms with van der Waals surface area (Å²) in [6, 6.07) is 3.25. The second-order valence-corrected chi connectivity index (χ2v) is 9.91. The van der Waals surface area contributed by atoms with E-state index < -0.39 is 27.2 Å². The van der Waals surface area contributed by atoms with Gasteiger partial charge in [0.2, 0.25) is 6.41 Å². The highest BCUT2D eigenvalue weighted by Gasteiger charge is 2.45. The summed E-state index contributed by atoms with van der Waals surface area (Å²) in [6.07, 6.45) is 4.62. The van der Waals surface area contributed by atoms with E-state index in [9.17, 15) is 27.5 Å². The molecule has 1 saturated heterocycles. The lowest BCUT2D eigenvalue weighted by molar-refractivity contribution is -0.120. The normalized spacial score (nSPS) is 20.3. The molecule has 1 aliphatic carbocycles. The van der Waals surface area contributed by atoms with Crippen molar-refractivity contribution in [3.63, 3.8) is 0 Å². The predicted molar refractivity (Wildman–Crippen MR) is 114 cm³/mol. The van der Waals surface area contributed by atoms with Gasteiger partial charge in [-0.15, -0.1) is 0 Å². The van der Waals surface area contributed by atoms with E-state index in [0.717, 1.165) is 31.2 Å². The van der Waals surface area contributed by atoms with E-state index in [-0.39, 0.29) is 40.8 Å². The Labute approximate surface area is 185 Å². The standard InChI is InChI=1S/C21H26FN3O6S/c1-14(27)18(24-20-21(7-3-4-8-21)31-10-9-25(20)13-26)19(28)23-12-15-5-6-16(22)11-17(15)32(2,29)30/h5-6,11,13,27H,3-4,7-10,12H2,1-2H3,(H,23,28)/b18-14+,24-20?. The maximum atomic E-state index is 13.5. The minimum absolute atomic E-state index is 0.188. The van der Waals surface area contributed by atoms with Gasteiger partial charge in [0, 0.05) is 12.8 Å². The van der Waals surface area contributed by atoms with Gasteiger partial charge in [0.15, 0.2) is 15.5 Å². The molecule has 2 amide bonds. The van der Waals surface area contributed by atoms with Crippen LogP contribution in [0, 0.1) is 5.82 Å². The van der Waals surface area contributed by atoms with Crippen LogP contribution in [-0.4, -0.2) is 61.6 Å². The Morgan fingerprint density at radius 3 is 2.66 bits per heavy atom. The van der Waals surface area contributed by atoms with Crippen LogP contribution in [0.1, 0.15) is 38.2 Å². The molecule has 1 spiro atoms. The molecular weight excluding hydrogens is 441 g/mol. The van der Waals surface area contributed by atoms with E-state index in [4.69, 9.17) is 4.74 Å². The molecular formula is C21H26FN3O6S. The lowest BCUT2D eigenvalue weighted by Crippen LogP contribution is -2.55. The van der Waals surface area contributed by atoms with Crippen LogP contribution in [0.2, 0.25) is 0 Å². The summed E-state index contributed by atoms with van der Waals surface area (Å²) >= 11 is 0. The highest BCUT2D eigenvalue weighted by molar-refractivity contribution is 7.90. The molecule has 0 radical (unpaired) electrons. The molecule has 174 valence electrons. The number of hydrogen-bond donors (Lipinski definition) is 2. The van der Waals surface area contributed by atoms with Crippen molar-refractivity contribution in [2.45, 2.75) is 49.6 Å². The molecule has 3 rings (SSSR count). The van der Waals surface area contributed by atoms with Gasteiger partial charge >= 0.3 is 0 Å². The fourth-order valence-corrected chi connectivity index (χ4v) is 4.98. The Morgan fingerprint density at radius 1 is 1.38 bits per heavy atom. The summed E-state index contributed by atoms with van der Waals surface area (Å²) in [7, 11) is -3.73. The van der Waals surface area contributed by atoms with Crippen molar-refractivity contribution in [3.05, 3.63) is 41.0 Å². The average molecular weight is 468 g/mol. The maximum absolute atomic E-state index is 13.5. The first kappa shape index (κ1) is 23.9. The fourth-order valence-electron chi connectivity index (χ4n) is 4.04. The van der Waals surface area contributed by atoms with Crippen molar-refractivity contribution in [1.29, 1.82) is 0 Å². The number of morpholine rings is 1. The number of nitrogens with zero attached hydrogens (tertiary/aromatic N) is 2. The molecule has 2 N–H and O–H groups in total. The topological polar surface area (TPSA) is 125 Å². The van der Waals surface area contributed by atoms with Crippen molar-refractivity contribution in [1.82, 2.24) is 10.2 Å². The Balaban J connectivity index is 1.89. The Kier molecular flexibility index (Phi) is 6.99. The molecule has 32 heavy (non-hydrogen) atoms. The minimum atomic E-state index is -3.73. The van der Waals surface area contributed by atoms with Gasteiger partial charge in [-0.1, -0.05) is 6.07 Å². The number of aliphatic hydroxyl groups is 1. The first-order valence-electron chi connectivity index (χ1n) is 10.2. The van der Waals surface area contributed by atoms with Crippen molar-refractivity contribution in [3.8, 4) is 0 Å². The van der Waals surface area contributed by atoms with E-state index in [1.807, 2.05) is 0 Å². The highest BCUT2D eigenvalue weighted by atomic mass is 32.2. The van der Waals surface area contributed by atoms with Gasteiger partial charge < -0.3 is 15.2 Å². The zero-order valence-electron chi connectivity index (χ0n) is 17.9. The lowest BCUT2D eigenvalue weighted by Gasteiger charge is -2.40. The molecule has 1 aromatic carbocycles. The number of carbonyl (C=O) groups is 2. The van der Waals surface area contributed by atoms with Crippen LogP contribution < -0.4 is 5.32 Å². The number of halogens is 1. The number of benzene rings is 1. The number of aliphatic hydroxyl groups excluding tert-OH is 1. The number of nitrogens with one attached hydrogen (secondary N) is 1. The summed E-state index contributed by atoms with van der Waals surface area (Å²) in [6.45, 7) is 1.67. The van der Waals surface area contributed by atoms with E-state index in [2.05, 4.69) is 10.3 Å². The third-order valence-corrected chi connectivity index (χ3v) is 6.75. The Hall–Kier alpha value is -2.79. The molecule has 1 saturated carbocycles. The monoisotopic (exact) mass is 467 g/mol. The number of amides is 2. The molecule has 0 atom stereocenters. The number of aliphatic imine (C=N–C) groups is 1. The molecule has 1 aliphatic heterocycles. The van der Waals surface area contributed by atoms with Crippen LogP contribution >= 0.6 is 0 Å². The molecule has 2 fully saturated rings. The van der Waals surface area contributed by atoms with E-state index in [0.29, 0.717) is 25.9 Å². The van der Waals surface area contributed by atoms with E-state index >= 15 is 0 Å². The molecule has 1 heterocycles. The van der Waals surface area contributed by atoms with Crippen LogP contribution in [-0.2, 0) is 30.7 Å². The second-order valence-electron chi connectivity index (χ2n) is 7.92. The molecule has 0 unspecified atom stereocenters. The summed E-state index contributed by atoms with van der Waals surface area (Å²) in [4.78, 5) is 30.0. The zero-order valence-corrected chi connectivity index (χ0v) is 18.7. The minimum Gasteiger partial charge on any atom is -0.510 e. The third-order valence-electron chi connectivity index (χ3n) is 5.57. The van der Waals surface area contributed by atoms with Gasteiger partial charge in [0.1, 0.15) is 23.0 Å². The van der Waals surface area contributed by atoms with Gasteiger partial charge in [-0.05, 0) is 50.3 Å². The zero-order chi connectivity index (χ0) is 23.5. The number of carbonyl (C=O) groups excluding carboxylic acids is 2. The van der Waals surface area contributed by atoms with Gasteiger partial charge in [-0.3, -0.25) is 14.5 Å². The van der Waals surface area contributed by atoms with Crippen molar-refractivity contribution < 1.29 is 32.2 Å². The first-order chi connectivity index (χ1) is 15.1. The van der Waals surface area contributed by atoms with Gasteiger partial charge in [-0.25, -0.2) is 17.8 Å². The van der Waals surface area contributed by atoms with Gasteiger partial charge in [-0.2, -0.15) is 0 Å². The quantitative estimate of drug-likeness (QED) is 0.374. The summed E-state index contributed by atoms with van der Waals surface area (Å²) in [5.74, 6) is -1.59. The van der Waals surface area contributed by atoms with Crippen molar-refractivity contribution >= 4 is 28.0 Å². The molecule has 2 aliphatic rings. The smallest absolute Gasteiger partial charge is 0.273 e. The molecule has 11 heteroatoms. The SMILES string of the molecule is C/C(O)=C(\N=C1N(C=O)CCOC12CCCC2)C(=O)NCc1ccc(F)cc1S(C)(=O)=O. The Bertz CT molecular complexity index is 1070. The average Bonchev–Trinajstić information content (AvgIpc) is 3.19. The number of ether oxygens (including phenoxy) is 1. The first-order valence-corrected chi connectivity index (χ1v) is 12.1. The largest absolute Gasteiger partial charge is 0.510 e. The lowest BCUT2D eigenvalue weighted by atomic mass is 9.97. The number of hydrogen-bond acceptors (Lipinski definition) is 7. The maximum Gasteiger partial charge on any atom is 0.273 e. The van der Waals surface area contributed by atoms with Gasteiger partial charge in [0.25, 0.3) is 5.91 Å². The number of amidine groups is 1. The second kappa shape index (κ2) is 9.37. The van der Waals surface area contributed by atoms with E-state index in [1.165, 1.54) is 17.9 Å². The van der Waals surface area contributed by atoms with Crippen molar-refractivity contribution in [2.75, 3.05) is 19.4 Å². The number of allylic oxidation sites excluding steroid dienone is 1. The fraction of sp³-hybridized carbons (Fsp3) is 0.476. The van der Waals surface area contributed by atoms with Crippen LogP contribution in [0.5, 0.6) is 0 Å².